The van der Waals surface area contributed by atoms with Gasteiger partial charge in [-0.05, 0) is 30.7 Å². The molecular formula is C14H17BrN2O2. The monoisotopic (exact) mass is 324 g/mol. The van der Waals surface area contributed by atoms with Crippen LogP contribution >= 0.6 is 15.9 Å². The molecule has 0 saturated carbocycles. The SMILES string of the molecule is CCCn1ccn(CCOc2ccc(Br)cc2)c1=O. The molecule has 0 unspecified atom stereocenters. The molecule has 4 nitrogen and oxygen atoms in total. The molecule has 0 radical (unpaired) electrons. The minimum absolute atomic E-state index is 0.0289. The first-order valence-corrected chi connectivity index (χ1v) is 7.14. The Kier molecular flexibility index (Phi) is 4.85. The summed E-state index contributed by atoms with van der Waals surface area (Å²) in [6, 6.07) is 7.66. The summed E-state index contributed by atoms with van der Waals surface area (Å²) in [7, 11) is 0. The third kappa shape index (κ3) is 3.73. The van der Waals surface area contributed by atoms with Gasteiger partial charge < -0.3 is 4.74 Å². The van der Waals surface area contributed by atoms with E-state index in [1.165, 1.54) is 0 Å². The summed E-state index contributed by atoms with van der Waals surface area (Å²) in [5, 5.41) is 0. The molecule has 0 aliphatic rings. The second kappa shape index (κ2) is 6.61. The number of ether oxygens (including phenoxy) is 1. The van der Waals surface area contributed by atoms with Crippen molar-refractivity contribution in [2.75, 3.05) is 6.61 Å². The zero-order chi connectivity index (χ0) is 13.7. The number of rotatable bonds is 6. The molecule has 2 aromatic rings. The molecule has 0 bridgehead atoms. The van der Waals surface area contributed by atoms with E-state index in [-0.39, 0.29) is 5.69 Å². The smallest absolute Gasteiger partial charge is 0.328 e. The predicted octanol–water partition coefficient (Wildman–Crippen LogP) is 2.90. The lowest BCUT2D eigenvalue weighted by Crippen LogP contribution is -2.25. The summed E-state index contributed by atoms with van der Waals surface area (Å²) in [6.45, 7) is 3.86. The molecule has 0 fully saturated rings. The van der Waals surface area contributed by atoms with Crippen molar-refractivity contribution in [3.05, 3.63) is 51.6 Å². The van der Waals surface area contributed by atoms with Gasteiger partial charge in [0.15, 0.2) is 0 Å². The van der Waals surface area contributed by atoms with Crippen molar-refractivity contribution in [1.29, 1.82) is 0 Å². The highest BCUT2D eigenvalue weighted by Gasteiger charge is 2.02. The number of hydrogen-bond acceptors (Lipinski definition) is 2. The van der Waals surface area contributed by atoms with Crippen LogP contribution in [0.25, 0.3) is 0 Å². The number of halogens is 1. The number of aryl methyl sites for hydroxylation is 1. The maximum Gasteiger partial charge on any atom is 0.328 e. The van der Waals surface area contributed by atoms with Crippen molar-refractivity contribution in [3.8, 4) is 5.75 Å². The third-order valence-corrected chi connectivity index (χ3v) is 3.33. The first-order chi connectivity index (χ1) is 9.20. The summed E-state index contributed by atoms with van der Waals surface area (Å²) in [6.07, 6.45) is 4.59. The maximum absolute atomic E-state index is 11.9. The van der Waals surface area contributed by atoms with E-state index in [1.54, 1.807) is 9.13 Å². The lowest BCUT2D eigenvalue weighted by atomic mass is 10.3. The summed E-state index contributed by atoms with van der Waals surface area (Å²) < 4.78 is 10.0. The Balaban J connectivity index is 1.89. The quantitative estimate of drug-likeness (QED) is 0.819. The second-order valence-electron chi connectivity index (χ2n) is 4.27. The standard InChI is InChI=1S/C14H17BrN2O2/c1-2-7-16-8-9-17(14(16)18)10-11-19-13-5-3-12(15)4-6-13/h3-6,8-9H,2,7,10-11H2,1H3. The fourth-order valence-corrected chi connectivity index (χ4v) is 2.09. The Bertz CT molecular complexity index is 572. The molecule has 0 spiro atoms. The Morgan fingerprint density at radius 3 is 2.37 bits per heavy atom. The van der Waals surface area contributed by atoms with Gasteiger partial charge in [0, 0.05) is 23.4 Å². The normalized spacial score (nSPS) is 10.6. The Labute approximate surface area is 120 Å². The van der Waals surface area contributed by atoms with Gasteiger partial charge >= 0.3 is 5.69 Å². The lowest BCUT2D eigenvalue weighted by molar-refractivity contribution is 0.295. The van der Waals surface area contributed by atoms with Gasteiger partial charge in [0.05, 0.1) is 6.54 Å². The molecule has 1 aromatic heterocycles. The molecule has 0 aliphatic heterocycles. The second-order valence-corrected chi connectivity index (χ2v) is 5.19. The van der Waals surface area contributed by atoms with Gasteiger partial charge in [0.25, 0.3) is 0 Å². The molecule has 0 saturated heterocycles. The van der Waals surface area contributed by atoms with E-state index in [1.807, 2.05) is 36.7 Å². The maximum atomic E-state index is 11.9. The summed E-state index contributed by atoms with van der Waals surface area (Å²) in [5.41, 5.74) is 0.0289. The van der Waals surface area contributed by atoms with Crippen LogP contribution < -0.4 is 10.4 Å². The van der Waals surface area contributed by atoms with Crippen molar-refractivity contribution < 1.29 is 4.74 Å². The molecule has 0 aliphatic carbocycles. The van der Waals surface area contributed by atoms with E-state index in [2.05, 4.69) is 22.9 Å². The average molecular weight is 325 g/mol. The first kappa shape index (κ1) is 13.9. The van der Waals surface area contributed by atoms with Gasteiger partial charge in [-0.15, -0.1) is 0 Å². The van der Waals surface area contributed by atoms with Crippen molar-refractivity contribution in [1.82, 2.24) is 9.13 Å². The van der Waals surface area contributed by atoms with Crippen LogP contribution in [-0.4, -0.2) is 15.7 Å². The molecule has 5 heteroatoms. The van der Waals surface area contributed by atoms with Crippen LogP contribution in [0.1, 0.15) is 13.3 Å². The van der Waals surface area contributed by atoms with Gasteiger partial charge in [-0.25, -0.2) is 4.79 Å². The zero-order valence-electron chi connectivity index (χ0n) is 10.9. The van der Waals surface area contributed by atoms with Gasteiger partial charge in [-0.2, -0.15) is 0 Å². The summed E-state index contributed by atoms with van der Waals surface area (Å²) in [4.78, 5) is 11.9. The van der Waals surface area contributed by atoms with Crippen molar-refractivity contribution in [2.45, 2.75) is 26.4 Å². The Hall–Kier alpha value is -1.49. The molecule has 2 rings (SSSR count). The number of imidazole rings is 1. The van der Waals surface area contributed by atoms with E-state index < -0.39 is 0 Å². The van der Waals surface area contributed by atoms with Crippen molar-refractivity contribution >= 4 is 15.9 Å². The number of aromatic nitrogens is 2. The van der Waals surface area contributed by atoms with Crippen molar-refractivity contribution in [3.63, 3.8) is 0 Å². The molecule has 1 heterocycles. The van der Waals surface area contributed by atoms with Crippen LogP contribution in [-0.2, 0) is 13.1 Å². The van der Waals surface area contributed by atoms with Crippen LogP contribution in [0.15, 0.2) is 45.9 Å². The van der Waals surface area contributed by atoms with E-state index in [9.17, 15) is 4.79 Å². The van der Waals surface area contributed by atoms with Crippen LogP contribution in [0.2, 0.25) is 0 Å². The Morgan fingerprint density at radius 1 is 1.11 bits per heavy atom. The first-order valence-electron chi connectivity index (χ1n) is 6.34. The molecule has 102 valence electrons. The Morgan fingerprint density at radius 2 is 1.74 bits per heavy atom. The molecule has 0 N–H and O–H groups in total. The molecular weight excluding hydrogens is 308 g/mol. The number of hydrogen-bond donors (Lipinski definition) is 0. The highest BCUT2D eigenvalue weighted by atomic mass is 79.9. The average Bonchev–Trinajstić information content (AvgIpc) is 2.75. The van der Waals surface area contributed by atoms with Gasteiger partial charge in [0.2, 0.25) is 0 Å². The lowest BCUT2D eigenvalue weighted by Gasteiger charge is -2.06. The van der Waals surface area contributed by atoms with Gasteiger partial charge in [0.1, 0.15) is 12.4 Å². The largest absolute Gasteiger partial charge is 0.492 e. The topological polar surface area (TPSA) is 36.2 Å². The van der Waals surface area contributed by atoms with Crippen LogP contribution in [0.5, 0.6) is 5.75 Å². The summed E-state index contributed by atoms with van der Waals surface area (Å²) in [5.74, 6) is 0.809. The highest BCUT2D eigenvalue weighted by molar-refractivity contribution is 9.10. The van der Waals surface area contributed by atoms with E-state index in [0.717, 1.165) is 23.2 Å². The fraction of sp³-hybridized carbons (Fsp3) is 0.357. The van der Waals surface area contributed by atoms with E-state index in [0.29, 0.717) is 13.2 Å². The minimum atomic E-state index is 0.0289. The number of nitrogens with zero attached hydrogens (tertiary/aromatic N) is 2. The van der Waals surface area contributed by atoms with Crippen LogP contribution in [0.3, 0.4) is 0 Å². The molecule has 19 heavy (non-hydrogen) atoms. The fourth-order valence-electron chi connectivity index (χ4n) is 1.83. The minimum Gasteiger partial charge on any atom is -0.492 e. The van der Waals surface area contributed by atoms with Gasteiger partial charge in [-0.3, -0.25) is 9.13 Å². The van der Waals surface area contributed by atoms with Crippen molar-refractivity contribution in [2.24, 2.45) is 0 Å². The number of benzene rings is 1. The van der Waals surface area contributed by atoms with E-state index >= 15 is 0 Å². The van der Waals surface area contributed by atoms with Gasteiger partial charge in [-0.1, -0.05) is 22.9 Å². The highest BCUT2D eigenvalue weighted by Crippen LogP contribution is 2.15. The molecule has 1 aromatic carbocycles. The summed E-state index contributed by atoms with van der Waals surface area (Å²) >= 11 is 3.37. The van der Waals surface area contributed by atoms with Crippen LogP contribution in [0.4, 0.5) is 0 Å². The third-order valence-electron chi connectivity index (χ3n) is 2.80. The molecule has 0 atom stereocenters. The predicted molar refractivity (Wildman–Crippen MR) is 78.6 cm³/mol. The van der Waals surface area contributed by atoms with Crippen LogP contribution in [0, 0.1) is 0 Å². The van der Waals surface area contributed by atoms with E-state index in [4.69, 9.17) is 4.74 Å². The molecule has 0 amide bonds. The zero-order valence-corrected chi connectivity index (χ0v) is 12.5.